The molecule has 5 heteroatoms. The molecule has 1 atom stereocenters. The Kier molecular flexibility index (Phi) is 3.82. The molecule has 0 radical (unpaired) electrons. The van der Waals surface area contributed by atoms with Crippen molar-refractivity contribution in [3.63, 3.8) is 0 Å². The van der Waals surface area contributed by atoms with Gasteiger partial charge in [-0.15, -0.1) is 5.10 Å². The molecule has 0 spiro atoms. The smallest absolute Gasteiger partial charge is 0.306 e. The number of rotatable bonds is 5. The summed E-state index contributed by atoms with van der Waals surface area (Å²) in [5.41, 5.74) is 0.741. The van der Waals surface area contributed by atoms with E-state index in [2.05, 4.69) is 10.3 Å². The topological polar surface area (TPSA) is 68.0 Å². The second-order valence-electron chi connectivity index (χ2n) is 4.25. The Labute approximate surface area is 89.1 Å². The molecule has 0 saturated heterocycles. The van der Waals surface area contributed by atoms with Crippen molar-refractivity contribution >= 4 is 5.97 Å². The van der Waals surface area contributed by atoms with Gasteiger partial charge >= 0.3 is 5.97 Å². The third-order valence-corrected chi connectivity index (χ3v) is 2.21. The van der Waals surface area contributed by atoms with Gasteiger partial charge in [0.05, 0.1) is 11.6 Å². The molecule has 5 nitrogen and oxygen atoms in total. The first kappa shape index (κ1) is 11.7. The summed E-state index contributed by atoms with van der Waals surface area (Å²) < 4.78 is 1.59. The van der Waals surface area contributed by atoms with Crippen molar-refractivity contribution in [1.82, 2.24) is 15.0 Å². The molecule has 0 aliphatic carbocycles. The average molecular weight is 211 g/mol. The van der Waals surface area contributed by atoms with Crippen LogP contribution in [0.3, 0.4) is 0 Å². The Hall–Kier alpha value is -1.39. The van der Waals surface area contributed by atoms with E-state index in [4.69, 9.17) is 5.11 Å². The lowest BCUT2D eigenvalue weighted by Crippen LogP contribution is -2.18. The maximum Gasteiger partial charge on any atom is 0.306 e. The zero-order valence-corrected chi connectivity index (χ0v) is 9.34. The molecule has 84 valence electrons. The first-order valence-electron chi connectivity index (χ1n) is 5.07. The van der Waals surface area contributed by atoms with Crippen molar-refractivity contribution in [2.24, 2.45) is 18.9 Å². The molecular weight excluding hydrogens is 194 g/mol. The van der Waals surface area contributed by atoms with Crippen molar-refractivity contribution in [3.05, 3.63) is 11.9 Å². The maximum atomic E-state index is 11.0. The summed E-state index contributed by atoms with van der Waals surface area (Å²) in [6, 6.07) is 0. The summed E-state index contributed by atoms with van der Waals surface area (Å²) >= 11 is 0. The Bertz CT molecular complexity index is 333. The van der Waals surface area contributed by atoms with Crippen molar-refractivity contribution in [2.75, 3.05) is 0 Å². The fourth-order valence-electron chi connectivity index (χ4n) is 1.58. The number of carboxylic acid groups (broad SMARTS) is 1. The molecule has 15 heavy (non-hydrogen) atoms. The van der Waals surface area contributed by atoms with E-state index in [0.29, 0.717) is 18.8 Å². The first-order chi connectivity index (χ1) is 6.99. The summed E-state index contributed by atoms with van der Waals surface area (Å²) in [6.07, 6.45) is 2.89. The van der Waals surface area contributed by atoms with Gasteiger partial charge in [-0.3, -0.25) is 9.48 Å². The normalized spacial score (nSPS) is 13.1. The number of hydrogen-bond acceptors (Lipinski definition) is 3. The number of hydrogen-bond donors (Lipinski definition) is 1. The fourth-order valence-corrected chi connectivity index (χ4v) is 1.58. The van der Waals surface area contributed by atoms with Gasteiger partial charge in [0, 0.05) is 19.7 Å². The lowest BCUT2D eigenvalue weighted by molar-refractivity contribution is -0.142. The molecule has 1 rings (SSSR count). The van der Waals surface area contributed by atoms with E-state index in [1.54, 1.807) is 17.9 Å². The summed E-state index contributed by atoms with van der Waals surface area (Å²) in [5, 5.41) is 16.7. The van der Waals surface area contributed by atoms with Crippen molar-refractivity contribution in [3.8, 4) is 0 Å². The summed E-state index contributed by atoms with van der Waals surface area (Å²) in [6.45, 7) is 4.04. The fraction of sp³-hybridized carbons (Fsp3) is 0.700. The van der Waals surface area contributed by atoms with E-state index in [9.17, 15) is 4.79 Å². The Morgan fingerprint density at radius 1 is 1.60 bits per heavy atom. The number of carboxylic acids is 1. The van der Waals surface area contributed by atoms with E-state index >= 15 is 0 Å². The van der Waals surface area contributed by atoms with Gasteiger partial charge in [-0.1, -0.05) is 19.1 Å². The molecule has 0 saturated carbocycles. The maximum absolute atomic E-state index is 11.0. The minimum Gasteiger partial charge on any atom is -0.481 e. The van der Waals surface area contributed by atoms with Crippen LogP contribution in [0.2, 0.25) is 0 Å². The highest BCUT2D eigenvalue weighted by atomic mass is 16.4. The Balaban J connectivity index is 2.62. The van der Waals surface area contributed by atoms with E-state index in [1.807, 2.05) is 13.8 Å². The molecule has 0 aliphatic rings. The molecule has 1 aromatic heterocycles. The molecule has 0 aliphatic heterocycles. The van der Waals surface area contributed by atoms with Gasteiger partial charge in [-0.2, -0.15) is 0 Å². The molecule has 1 unspecified atom stereocenters. The lowest BCUT2D eigenvalue weighted by atomic mass is 9.93. The van der Waals surface area contributed by atoms with E-state index < -0.39 is 5.97 Å². The van der Waals surface area contributed by atoms with E-state index in [-0.39, 0.29) is 5.92 Å². The van der Waals surface area contributed by atoms with Crippen molar-refractivity contribution in [2.45, 2.75) is 26.7 Å². The van der Waals surface area contributed by atoms with Crippen LogP contribution in [0, 0.1) is 11.8 Å². The lowest BCUT2D eigenvalue weighted by Gasteiger charge is -2.12. The van der Waals surface area contributed by atoms with Gasteiger partial charge in [0.1, 0.15) is 0 Å². The van der Waals surface area contributed by atoms with Gasteiger partial charge in [-0.25, -0.2) is 0 Å². The van der Waals surface area contributed by atoms with Crippen LogP contribution in [0.1, 0.15) is 26.0 Å². The van der Waals surface area contributed by atoms with Crippen LogP contribution in [-0.2, 0) is 18.3 Å². The minimum absolute atomic E-state index is 0.360. The first-order valence-corrected chi connectivity index (χ1v) is 5.07. The largest absolute Gasteiger partial charge is 0.481 e. The predicted octanol–water partition coefficient (Wildman–Crippen LogP) is 1.10. The van der Waals surface area contributed by atoms with Crippen LogP contribution in [0.15, 0.2) is 6.20 Å². The molecule has 0 bridgehead atoms. The molecule has 1 aromatic rings. The van der Waals surface area contributed by atoms with Gasteiger partial charge in [-0.05, 0) is 12.3 Å². The quantitative estimate of drug-likeness (QED) is 0.792. The van der Waals surface area contributed by atoms with Crippen LogP contribution in [-0.4, -0.2) is 26.1 Å². The van der Waals surface area contributed by atoms with Crippen LogP contribution in [0.25, 0.3) is 0 Å². The highest BCUT2D eigenvalue weighted by molar-refractivity contribution is 5.70. The van der Waals surface area contributed by atoms with Crippen LogP contribution in [0.5, 0.6) is 0 Å². The van der Waals surface area contributed by atoms with Crippen LogP contribution < -0.4 is 0 Å². The van der Waals surface area contributed by atoms with E-state index in [0.717, 1.165) is 5.69 Å². The monoisotopic (exact) mass is 211 g/mol. The van der Waals surface area contributed by atoms with Gasteiger partial charge in [0.15, 0.2) is 0 Å². The molecular formula is C10H17N3O2. The number of carbonyl (C=O) groups is 1. The van der Waals surface area contributed by atoms with Gasteiger partial charge in [0.25, 0.3) is 0 Å². The number of aromatic nitrogens is 3. The zero-order chi connectivity index (χ0) is 11.4. The molecule has 0 aromatic carbocycles. The van der Waals surface area contributed by atoms with Gasteiger partial charge < -0.3 is 5.11 Å². The van der Waals surface area contributed by atoms with Gasteiger partial charge in [0.2, 0.25) is 0 Å². The second kappa shape index (κ2) is 4.91. The number of aryl methyl sites for hydroxylation is 1. The van der Waals surface area contributed by atoms with Crippen molar-refractivity contribution in [1.29, 1.82) is 0 Å². The van der Waals surface area contributed by atoms with Crippen LogP contribution >= 0.6 is 0 Å². The van der Waals surface area contributed by atoms with Crippen LogP contribution in [0.4, 0.5) is 0 Å². The summed E-state index contributed by atoms with van der Waals surface area (Å²) in [4.78, 5) is 11.0. The second-order valence-corrected chi connectivity index (χ2v) is 4.25. The van der Waals surface area contributed by atoms with E-state index in [1.165, 1.54) is 0 Å². The number of aliphatic carboxylic acids is 1. The average Bonchev–Trinajstić information content (AvgIpc) is 2.49. The Morgan fingerprint density at radius 3 is 2.67 bits per heavy atom. The molecule has 0 fully saturated rings. The van der Waals surface area contributed by atoms with Crippen molar-refractivity contribution < 1.29 is 9.90 Å². The summed E-state index contributed by atoms with van der Waals surface area (Å²) in [5.74, 6) is -0.737. The highest BCUT2D eigenvalue weighted by Gasteiger charge is 2.20. The third kappa shape index (κ3) is 3.69. The minimum atomic E-state index is -0.755. The highest BCUT2D eigenvalue weighted by Crippen LogP contribution is 2.16. The molecule has 1 heterocycles. The zero-order valence-electron chi connectivity index (χ0n) is 9.34. The molecule has 0 amide bonds. The standard InChI is InChI=1S/C10H17N3O2/c1-7(2)4-8(10(14)15)5-9-6-13(3)12-11-9/h6-8H,4-5H2,1-3H3,(H,14,15). The predicted molar refractivity (Wildman–Crippen MR) is 55.3 cm³/mol. The molecule has 1 N–H and O–H groups in total. The number of nitrogens with zero attached hydrogens (tertiary/aromatic N) is 3. The SMILES string of the molecule is CC(C)CC(Cc1cn(C)nn1)C(=O)O. The third-order valence-electron chi connectivity index (χ3n) is 2.21. The Morgan fingerprint density at radius 2 is 2.27 bits per heavy atom. The summed E-state index contributed by atoms with van der Waals surface area (Å²) in [7, 11) is 1.77.